The van der Waals surface area contributed by atoms with E-state index < -0.39 is 5.97 Å². The van der Waals surface area contributed by atoms with Gasteiger partial charge in [-0.25, -0.2) is 9.78 Å². The van der Waals surface area contributed by atoms with Crippen LogP contribution in [0.25, 0.3) is 0 Å². The molecule has 0 radical (unpaired) electrons. The molecule has 0 N–H and O–H groups in total. The van der Waals surface area contributed by atoms with Gasteiger partial charge in [-0.05, 0) is 42.0 Å². The average Bonchev–Trinajstić information content (AvgIpc) is 3.44. The minimum absolute atomic E-state index is 0.0326. The van der Waals surface area contributed by atoms with E-state index in [9.17, 15) is 9.59 Å². The highest BCUT2D eigenvalue weighted by Crippen LogP contribution is 2.45. The van der Waals surface area contributed by atoms with E-state index in [-0.39, 0.29) is 11.3 Å². The van der Waals surface area contributed by atoms with Gasteiger partial charge in [-0.15, -0.1) is 11.8 Å². The number of amides is 1. The van der Waals surface area contributed by atoms with Crippen LogP contribution in [0.2, 0.25) is 0 Å². The van der Waals surface area contributed by atoms with E-state index in [1.165, 1.54) is 18.9 Å². The number of piperazine rings is 1. The number of thioether (sulfide) groups is 1. The van der Waals surface area contributed by atoms with Crippen LogP contribution in [0, 0.1) is 0 Å². The minimum Gasteiger partial charge on any atom is -0.496 e. The molecular formula is C31H36N4O7S. The van der Waals surface area contributed by atoms with Crippen LogP contribution in [0.15, 0.2) is 48.7 Å². The zero-order chi connectivity index (χ0) is 30.5. The molecule has 1 atom stereocenters. The molecule has 2 fully saturated rings. The second-order valence-corrected chi connectivity index (χ2v) is 11.1. The molecule has 0 spiro atoms. The largest absolute Gasteiger partial charge is 0.496 e. The van der Waals surface area contributed by atoms with Gasteiger partial charge < -0.3 is 28.6 Å². The molecule has 228 valence electrons. The van der Waals surface area contributed by atoms with Crippen molar-refractivity contribution in [1.29, 1.82) is 0 Å². The number of carbonyl (C=O) groups is 2. The SMILES string of the molecule is COC(=O)c1ccc(C2SCC(=O)N2c2ccc(N3CCN(Cc4cc(OC)c(OC)c(OC)c4)CC3)cn2)c(OC)c1. The maximum Gasteiger partial charge on any atom is 0.337 e. The molecule has 2 aliphatic heterocycles. The summed E-state index contributed by atoms with van der Waals surface area (Å²) in [5.74, 6) is 2.82. The maximum atomic E-state index is 13.0. The first-order valence-corrected chi connectivity index (χ1v) is 14.9. The summed E-state index contributed by atoms with van der Waals surface area (Å²) in [5.41, 5.74) is 3.27. The van der Waals surface area contributed by atoms with Crippen LogP contribution in [0.4, 0.5) is 11.5 Å². The number of ether oxygens (including phenoxy) is 5. The lowest BCUT2D eigenvalue weighted by molar-refractivity contribution is -0.115. The molecule has 2 aromatic carbocycles. The molecule has 0 aliphatic carbocycles. The van der Waals surface area contributed by atoms with Crippen LogP contribution in [0.1, 0.15) is 26.9 Å². The number of hydrogen-bond acceptors (Lipinski definition) is 11. The maximum absolute atomic E-state index is 13.0. The van der Waals surface area contributed by atoms with Crippen LogP contribution in [0.5, 0.6) is 23.0 Å². The number of carbonyl (C=O) groups excluding carboxylic acids is 2. The van der Waals surface area contributed by atoms with Crippen molar-refractivity contribution in [2.24, 2.45) is 0 Å². The van der Waals surface area contributed by atoms with Gasteiger partial charge >= 0.3 is 5.97 Å². The summed E-state index contributed by atoms with van der Waals surface area (Å²) in [6.07, 6.45) is 1.83. The fourth-order valence-corrected chi connectivity index (χ4v) is 6.61. The van der Waals surface area contributed by atoms with E-state index in [1.807, 2.05) is 30.5 Å². The van der Waals surface area contributed by atoms with E-state index in [1.54, 1.807) is 51.5 Å². The number of pyridine rings is 1. The first kappa shape index (κ1) is 30.3. The van der Waals surface area contributed by atoms with Crippen molar-refractivity contribution in [2.45, 2.75) is 11.9 Å². The van der Waals surface area contributed by atoms with Crippen molar-refractivity contribution in [2.75, 3.05) is 77.3 Å². The van der Waals surface area contributed by atoms with Crippen molar-refractivity contribution in [3.63, 3.8) is 0 Å². The number of benzene rings is 2. The van der Waals surface area contributed by atoms with Crippen molar-refractivity contribution < 1.29 is 33.3 Å². The topological polar surface area (TPSA) is 103 Å². The molecule has 43 heavy (non-hydrogen) atoms. The third kappa shape index (κ3) is 6.30. The Morgan fingerprint density at radius 3 is 2.16 bits per heavy atom. The van der Waals surface area contributed by atoms with Crippen molar-refractivity contribution in [1.82, 2.24) is 9.88 Å². The quantitative estimate of drug-likeness (QED) is 0.312. The first-order chi connectivity index (χ1) is 20.9. The van der Waals surface area contributed by atoms with Crippen LogP contribution in [-0.2, 0) is 16.1 Å². The molecule has 12 heteroatoms. The molecule has 1 unspecified atom stereocenters. The number of aromatic nitrogens is 1. The number of methoxy groups -OCH3 is 5. The van der Waals surface area contributed by atoms with Gasteiger partial charge in [-0.2, -0.15) is 0 Å². The lowest BCUT2D eigenvalue weighted by Crippen LogP contribution is -2.46. The number of esters is 1. The van der Waals surface area contributed by atoms with Crippen LogP contribution >= 0.6 is 11.8 Å². The summed E-state index contributed by atoms with van der Waals surface area (Å²) in [6.45, 7) is 4.21. The molecule has 1 aromatic heterocycles. The van der Waals surface area contributed by atoms with Gasteiger partial charge in [0, 0.05) is 38.3 Å². The number of hydrogen-bond donors (Lipinski definition) is 0. The van der Waals surface area contributed by atoms with Gasteiger partial charge in [-0.3, -0.25) is 14.6 Å². The Morgan fingerprint density at radius 2 is 1.58 bits per heavy atom. The van der Waals surface area contributed by atoms with Gasteiger partial charge in [0.1, 0.15) is 16.9 Å². The van der Waals surface area contributed by atoms with E-state index >= 15 is 0 Å². The van der Waals surface area contributed by atoms with Gasteiger partial charge in [-0.1, -0.05) is 6.07 Å². The molecule has 11 nitrogen and oxygen atoms in total. The summed E-state index contributed by atoms with van der Waals surface area (Å²) in [7, 11) is 7.73. The fourth-order valence-electron chi connectivity index (χ4n) is 5.42. The Kier molecular flexibility index (Phi) is 9.46. The van der Waals surface area contributed by atoms with Gasteiger partial charge in [0.2, 0.25) is 11.7 Å². The lowest BCUT2D eigenvalue weighted by atomic mass is 10.1. The molecule has 3 heterocycles. The summed E-state index contributed by atoms with van der Waals surface area (Å²) in [4.78, 5) is 36.1. The lowest BCUT2D eigenvalue weighted by Gasteiger charge is -2.36. The standard InChI is InChI=1S/C31H36N4O7S/c1-38-24-16-21(31(37)42-5)6-8-23(24)30-35(28(36)19-43-30)27-9-7-22(17-32-27)34-12-10-33(11-13-34)18-20-14-25(39-2)29(41-4)26(15-20)40-3/h6-9,14-17,30H,10-13,18-19H2,1-5H3. The van der Waals surface area contributed by atoms with Crippen molar-refractivity contribution in [3.05, 3.63) is 65.4 Å². The Morgan fingerprint density at radius 1 is 0.884 bits per heavy atom. The predicted molar refractivity (Wildman–Crippen MR) is 165 cm³/mol. The second-order valence-electron chi connectivity index (χ2n) is 10.0. The molecule has 0 saturated carbocycles. The van der Waals surface area contributed by atoms with Crippen molar-refractivity contribution in [3.8, 4) is 23.0 Å². The van der Waals surface area contributed by atoms with Gasteiger partial charge in [0.05, 0.1) is 58.7 Å². The van der Waals surface area contributed by atoms with Crippen LogP contribution < -0.4 is 28.7 Å². The fraction of sp³-hybridized carbons (Fsp3) is 0.387. The number of nitrogens with zero attached hydrogens (tertiary/aromatic N) is 4. The summed E-state index contributed by atoms with van der Waals surface area (Å²) < 4.78 is 26.9. The third-order valence-corrected chi connectivity index (χ3v) is 8.83. The zero-order valence-corrected chi connectivity index (χ0v) is 25.8. The number of anilines is 2. The molecule has 0 bridgehead atoms. The average molecular weight is 609 g/mol. The van der Waals surface area contributed by atoms with Crippen molar-refractivity contribution >= 4 is 35.1 Å². The van der Waals surface area contributed by atoms with Crippen LogP contribution in [0.3, 0.4) is 0 Å². The molecule has 3 aromatic rings. The molecule has 1 amide bonds. The van der Waals surface area contributed by atoms with Gasteiger partial charge in [0.15, 0.2) is 11.5 Å². The Labute approximate surface area is 255 Å². The molecule has 2 saturated heterocycles. The predicted octanol–water partition coefficient (Wildman–Crippen LogP) is 4.00. The minimum atomic E-state index is -0.448. The Balaban J connectivity index is 1.25. The summed E-state index contributed by atoms with van der Waals surface area (Å²) in [5, 5.41) is -0.328. The van der Waals surface area contributed by atoms with Crippen LogP contribution in [-0.4, -0.2) is 89.2 Å². The van der Waals surface area contributed by atoms with E-state index in [0.29, 0.717) is 40.1 Å². The summed E-state index contributed by atoms with van der Waals surface area (Å²) in [6, 6.07) is 13.0. The molecule has 2 aliphatic rings. The first-order valence-electron chi connectivity index (χ1n) is 13.8. The Hall–Kier alpha value is -4.16. The second kappa shape index (κ2) is 13.4. The normalized spacial score (nSPS) is 17.1. The van der Waals surface area contributed by atoms with E-state index in [4.69, 9.17) is 28.7 Å². The highest BCUT2D eigenvalue weighted by Gasteiger charge is 2.37. The molecule has 5 rings (SSSR count). The smallest absolute Gasteiger partial charge is 0.337 e. The Bertz CT molecular complexity index is 1440. The molecular weight excluding hydrogens is 572 g/mol. The third-order valence-electron chi connectivity index (χ3n) is 7.64. The zero-order valence-electron chi connectivity index (χ0n) is 25.0. The van der Waals surface area contributed by atoms with E-state index in [2.05, 4.69) is 9.80 Å². The monoisotopic (exact) mass is 608 g/mol. The highest BCUT2D eigenvalue weighted by molar-refractivity contribution is 8.00. The number of rotatable bonds is 10. The van der Waals surface area contributed by atoms with Gasteiger partial charge in [0.25, 0.3) is 0 Å². The van der Waals surface area contributed by atoms with E-state index in [0.717, 1.165) is 49.5 Å². The highest BCUT2D eigenvalue weighted by atomic mass is 32.2. The summed E-state index contributed by atoms with van der Waals surface area (Å²) >= 11 is 1.50.